The average Bonchev–Trinajstić information content (AvgIpc) is 1.50. The van der Waals surface area contributed by atoms with Gasteiger partial charge in [-0.2, -0.15) is 0 Å². The highest BCUT2D eigenvalue weighted by Gasteiger charge is 2.52. The third-order valence-electron chi connectivity index (χ3n) is 21.3. The Bertz CT molecular complexity index is 6180. The summed E-state index contributed by atoms with van der Waals surface area (Å²) in [6.45, 7) is 9.39. The lowest BCUT2D eigenvalue weighted by Gasteiger charge is -2.31. The minimum Gasteiger partial charge on any atom is -0.296 e. The second-order valence-electron chi connectivity index (χ2n) is 29.1. The van der Waals surface area contributed by atoms with Crippen molar-refractivity contribution in [2.75, 3.05) is 0 Å². The van der Waals surface area contributed by atoms with E-state index in [1.807, 2.05) is 122 Å². The summed E-state index contributed by atoms with van der Waals surface area (Å²) < 4.78 is 13.1. The maximum absolute atomic E-state index is 12.7. The van der Waals surface area contributed by atoms with Crippen LogP contribution in [0.4, 0.5) is 0 Å². The van der Waals surface area contributed by atoms with Crippen molar-refractivity contribution in [1.82, 2.24) is 98.2 Å². The molecule has 28 heteroatoms. The van der Waals surface area contributed by atoms with Crippen LogP contribution in [0.25, 0.3) is 67.3 Å². The standard InChI is InChI=1S/C85H68N20O8/c1-49-33-98(81(110)86-77(49)106)37-53-5-13-57(14-6-53)41-102-45-73(90-94-102)61-21-25-65-66-26-22-62(74-46-103(95-91-74)42-58-15-7-54(8-16-58)38-99-34-50(2)78(107)87-82(99)111)30-70(66)85(69(65)29-61)71-31-63(75-47-104(96-92-75)43-59-17-9-55(10-18-59)39-100-35-51(3)79(108)88-83(100)112)23-27-67(71)68-28-24-64(32-72(68)85)76-48-105(97-93-76)44-60-19-11-56(12-20-60)40-101-36-52(4)80(109)89-84(101)113/h5-36,45-48H,37-44H2,1-4H3,(H,86,106,110)(H,87,107,111)(H,88,108,112)(H,89,109,113). The predicted molar refractivity (Wildman–Crippen MR) is 422 cm³/mol. The van der Waals surface area contributed by atoms with Crippen molar-refractivity contribution in [2.24, 2.45) is 0 Å². The molecular weight excluding hydrogens is 1430 g/mol. The van der Waals surface area contributed by atoms with Gasteiger partial charge >= 0.3 is 22.8 Å². The highest BCUT2D eigenvalue weighted by molar-refractivity contribution is 5.98. The SMILES string of the molecule is Cc1cn(Cc2ccc(Cn3cc(-c4ccc5c(c4)C4(c6cc(-c7cn(Cc8ccc(Cn9cc(C)c(=O)[nH]c9=O)cc8)nn7)ccc6-5)c5cc(-c6cn(Cc7ccc(Cn8cc(C)c(=O)[nH]c8=O)cc7)nn6)ccc5-c5ccc(-c6cn(Cc7ccc(Cn8cc(C)c(=O)[nH]c8=O)cc7)nn6)cc54)nn3)cc2)c(=O)[nH]c1=O. The van der Waals surface area contributed by atoms with E-state index in [4.69, 9.17) is 20.4 Å². The number of H-pyrrole nitrogens is 4. The topological polar surface area (TPSA) is 342 Å². The van der Waals surface area contributed by atoms with Crippen molar-refractivity contribution in [2.45, 2.75) is 85.5 Å². The molecule has 8 aromatic carbocycles. The van der Waals surface area contributed by atoms with Crippen molar-refractivity contribution in [1.29, 1.82) is 0 Å². The molecule has 0 fully saturated rings. The fourth-order valence-corrected chi connectivity index (χ4v) is 15.4. The molecule has 113 heavy (non-hydrogen) atoms. The molecule has 1 spiro atoms. The van der Waals surface area contributed by atoms with Crippen molar-refractivity contribution < 1.29 is 0 Å². The molecule has 556 valence electrons. The number of hydrogen-bond acceptors (Lipinski definition) is 16. The Labute approximate surface area is 639 Å². The Morgan fingerprint density at radius 2 is 0.451 bits per heavy atom. The molecule has 4 N–H and O–H groups in total. The lowest BCUT2D eigenvalue weighted by atomic mass is 9.69. The first-order valence-corrected chi connectivity index (χ1v) is 36.5. The number of aryl methyl sites for hydroxylation is 4. The zero-order valence-electron chi connectivity index (χ0n) is 61.4. The Balaban J connectivity index is 0.723. The zero-order chi connectivity index (χ0) is 77.5. The van der Waals surface area contributed by atoms with E-state index in [-0.39, 0.29) is 26.2 Å². The fraction of sp³-hybridized carbons (Fsp3) is 0.153. The second-order valence-corrected chi connectivity index (χ2v) is 29.1. The molecular formula is C85H68N20O8. The van der Waals surface area contributed by atoms with Crippen molar-refractivity contribution in [3.05, 3.63) is 392 Å². The molecule has 0 amide bonds. The van der Waals surface area contributed by atoms with Crippen LogP contribution in [0.3, 0.4) is 0 Å². The van der Waals surface area contributed by atoms with Gasteiger partial charge in [0.15, 0.2) is 0 Å². The minimum absolute atomic E-state index is 0.280. The monoisotopic (exact) mass is 1500 g/mol. The Morgan fingerprint density at radius 1 is 0.257 bits per heavy atom. The molecule has 28 nitrogen and oxygen atoms in total. The van der Waals surface area contributed by atoms with Gasteiger partial charge in [0, 0.05) is 69.3 Å². The minimum atomic E-state index is -1.05. The molecule has 0 aliphatic heterocycles. The van der Waals surface area contributed by atoms with Crippen molar-refractivity contribution in [3.63, 3.8) is 0 Å². The van der Waals surface area contributed by atoms with E-state index in [9.17, 15) is 38.4 Å². The molecule has 0 saturated heterocycles. The summed E-state index contributed by atoms with van der Waals surface area (Å²) in [6, 6.07) is 57.6. The summed E-state index contributed by atoms with van der Waals surface area (Å²) in [5.41, 5.74) is 18.4. The Hall–Kier alpha value is -15.0. The number of aromatic nitrogens is 20. The van der Waals surface area contributed by atoms with Crippen LogP contribution in [-0.4, -0.2) is 98.2 Å². The molecule has 8 heterocycles. The van der Waals surface area contributed by atoms with Crippen molar-refractivity contribution >= 4 is 0 Å². The molecule has 16 aromatic rings. The van der Waals surface area contributed by atoms with Gasteiger partial charge in [0.05, 0.1) is 82.6 Å². The molecule has 2 aliphatic carbocycles. The summed E-state index contributed by atoms with van der Waals surface area (Å²) in [4.78, 5) is 109. The van der Waals surface area contributed by atoms with E-state index in [1.54, 1.807) is 71.2 Å². The van der Waals surface area contributed by atoms with Crippen LogP contribution in [-0.2, 0) is 57.8 Å². The number of rotatable bonds is 20. The molecule has 0 unspecified atom stereocenters. The van der Waals surface area contributed by atoms with Crippen molar-refractivity contribution in [3.8, 4) is 67.3 Å². The first-order chi connectivity index (χ1) is 54.7. The molecule has 0 radical (unpaired) electrons. The van der Waals surface area contributed by atoms with Gasteiger partial charge in [-0.3, -0.25) is 57.4 Å². The van der Waals surface area contributed by atoms with Crippen LogP contribution >= 0.6 is 0 Å². The van der Waals surface area contributed by atoms with E-state index >= 15 is 0 Å². The van der Waals surface area contributed by atoms with Gasteiger partial charge in [-0.1, -0.05) is 166 Å². The molecule has 18 rings (SSSR count). The lowest BCUT2D eigenvalue weighted by Crippen LogP contribution is -2.31. The smallest absolute Gasteiger partial charge is 0.296 e. The van der Waals surface area contributed by atoms with Gasteiger partial charge in [-0.05, 0) is 141 Å². The first kappa shape index (κ1) is 69.8. The van der Waals surface area contributed by atoms with Crippen LogP contribution in [0.15, 0.2) is 258 Å². The summed E-state index contributed by atoms with van der Waals surface area (Å²) in [7, 11) is 0. The summed E-state index contributed by atoms with van der Waals surface area (Å²) in [5.74, 6) is 0. The summed E-state index contributed by atoms with van der Waals surface area (Å²) >= 11 is 0. The maximum Gasteiger partial charge on any atom is 0.328 e. The van der Waals surface area contributed by atoms with Gasteiger partial charge in [-0.25, -0.2) is 37.9 Å². The third kappa shape index (κ3) is 13.3. The number of hydrogen-bond donors (Lipinski definition) is 4. The molecule has 8 aromatic heterocycles. The number of benzene rings is 8. The van der Waals surface area contributed by atoms with E-state index in [0.717, 1.165) is 111 Å². The number of aromatic amines is 4. The molecule has 0 bridgehead atoms. The van der Waals surface area contributed by atoms with Gasteiger partial charge in [0.25, 0.3) is 22.2 Å². The predicted octanol–water partition coefficient (Wildman–Crippen LogP) is 8.08. The maximum atomic E-state index is 12.7. The van der Waals surface area contributed by atoms with Crippen LogP contribution in [0.1, 0.15) is 89.0 Å². The van der Waals surface area contributed by atoms with Crippen LogP contribution in [0.5, 0.6) is 0 Å². The molecule has 2 aliphatic rings. The highest BCUT2D eigenvalue weighted by atomic mass is 16.2. The second kappa shape index (κ2) is 27.9. The van der Waals surface area contributed by atoms with E-state index in [0.29, 0.717) is 71.2 Å². The first-order valence-electron chi connectivity index (χ1n) is 36.5. The molecule has 0 saturated carbocycles. The number of nitrogens with one attached hydrogen (secondary N) is 4. The summed E-state index contributed by atoms with van der Waals surface area (Å²) in [5, 5.41) is 38.1. The fourth-order valence-electron chi connectivity index (χ4n) is 15.4. The van der Waals surface area contributed by atoms with E-state index in [1.165, 1.54) is 18.3 Å². The Kier molecular flexibility index (Phi) is 17.2. The molecule has 0 atom stereocenters. The van der Waals surface area contributed by atoms with Gasteiger partial charge < -0.3 is 0 Å². The van der Waals surface area contributed by atoms with Crippen LogP contribution in [0.2, 0.25) is 0 Å². The van der Waals surface area contributed by atoms with E-state index < -0.39 is 50.4 Å². The number of nitrogens with zero attached hydrogens (tertiary/aromatic N) is 16. The zero-order valence-corrected chi connectivity index (χ0v) is 61.4. The highest BCUT2D eigenvalue weighted by Crippen LogP contribution is 2.64. The largest absolute Gasteiger partial charge is 0.328 e. The van der Waals surface area contributed by atoms with Gasteiger partial charge in [0.1, 0.15) is 22.8 Å². The lowest BCUT2D eigenvalue weighted by molar-refractivity contribution is 0.649. The van der Waals surface area contributed by atoms with Gasteiger partial charge in [0.2, 0.25) is 0 Å². The van der Waals surface area contributed by atoms with Crippen LogP contribution < -0.4 is 45.0 Å². The van der Waals surface area contributed by atoms with Gasteiger partial charge in [-0.15, -0.1) is 20.4 Å². The Morgan fingerprint density at radius 3 is 0.655 bits per heavy atom. The van der Waals surface area contributed by atoms with E-state index in [2.05, 4.69) is 114 Å². The quantitative estimate of drug-likeness (QED) is 0.0560. The summed E-state index contributed by atoms with van der Waals surface area (Å²) in [6.07, 6.45) is 14.0. The average molecular weight is 1500 g/mol. The number of fused-ring (bicyclic) bond motifs is 10. The normalized spacial score (nSPS) is 12.4. The third-order valence-corrected chi connectivity index (χ3v) is 21.3. The van der Waals surface area contributed by atoms with Crippen LogP contribution in [0, 0.1) is 27.7 Å².